The van der Waals surface area contributed by atoms with Crippen molar-refractivity contribution in [3.8, 4) is 22.4 Å². The van der Waals surface area contributed by atoms with E-state index >= 15 is 0 Å². The molecular formula is C30H31N2OPS. The molecule has 0 spiro atoms. The summed E-state index contributed by atoms with van der Waals surface area (Å²) in [6, 6.07) is 18.7. The van der Waals surface area contributed by atoms with Gasteiger partial charge < -0.3 is 5.73 Å². The Balaban J connectivity index is 1.77. The third kappa shape index (κ3) is 5.00. The molecule has 0 amide bonds. The van der Waals surface area contributed by atoms with Crippen molar-refractivity contribution in [2.75, 3.05) is 5.73 Å². The summed E-state index contributed by atoms with van der Waals surface area (Å²) in [6.45, 7) is 8.46. The highest BCUT2D eigenvalue weighted by Crippen LogP contribution is 2.34. The number of thiophene rings is 1. The van der Waals surface area contributed by atoms with Crippen molar-refractivity contribution in [2.45, 2.75) is 40.5 Å². The van der Waals surface area contributed by atoms with Gasteiger partial charge in [-0.15, -0.1) is 20.6 Å². The van der Waals surface area contributed by atoms with E-state index in [-0.39, 0.29) is 0 Å². The first kappa shape index (κ1) is 25.0. The fourth-order valence-electron chi connectivity index (χ4n) is 4.50. The highest BCUT2D eigenvalue weighted by atomic mass is 32.1. The Morgan fingerprint density at radius 2 is 1.74 bits per heavy atom. The minimum Gasteiger partial charge on any atom is -0.398 e. The predicted molar refractivity (Wildman–Crippen MR) is 156 cm³/mol. The summed E-state index contributed by atoms with van der Waals surface area (Å²) < 4.78 is 0. The van der Waals surface area contributed by atoms with E-state index in [0.29, 0.717) is 5.56 Å². The summed E-state index contributed by atoms with van der Waals surface area (Å²) in [4.78, 5) is 18.6. The average Bonchev–Trinajstić information content (AvgIpc) is 3.22. The lowest BCUT2D eigenvalue weighted by Crippen LogP contribution is -2.05. The van der Waals surface area contributed by atoms with E-state index in [1.807, 2.05) is 19.1 Å². The normalized spacial score (nSPS) is 11.6. The number of benzene rings is 2. The first-order chi connectivity index (χ1) is 16.9. The maximum absolute atomic E-state index is 11.4. The molecule has 178 valence electrons. The summed E-state index contributed by atoms with van der Waals surface area (Å²) >= 11 is 1.76. The molecule has 2 N–H and O–H groups in total. The Bertz CT molecular complexity index is 1430. The first-order valence-corrected chi connectivity index (χ1v) is 13.3. The quantitative estimate of drug-likeness (QED) is 0.214. The van der Waals surface area contributed by atoms with Crippen molar-refractivity contribution in [3.63, 3.8) is 0 Å². The number of carbonyl (C=O) groups excluding carboxylic acids is 1. The number of anilines is 1. The number of nitrogen functional groups attached to an aromatic ring is 1. The fourth-order valence-corrected chi connectivity index (χ4v) is 6.11. The molecule has 1 unspecified atom stereocenters. The van der Waals surface area contributed by atoms with Crippen LogP contribution in [0, 0.1) is 6.92 Å². The lowest BCUT2D eigenvalue weighted by molar-refractivity contribution is 0.112. The molecule has 4 aromatic rings. The summed E-state index contributed by atoms with van der Waals surface area (Å²) in [5.41, 5.74) is 16.4. The van der Waals surface area contributed by atoms with Crippen LogP contribution in [0.3, 0.4) is 0 Å². The van der Waals surface area contributed by atoms with Gasteiger partial charge in [-0.2, -0.15) is 0 Å². The van der Waals surface area contributed by atoms with Crippen LogP contribution in [0.15, 0.2) is 54.6 Å². The van der Waals surface area contributed by atoms with Gasteiger partial charge in [-0.3, -0.25) is 9.78 Å². The molecule has 2 aromatic carbocycles. The number of nitrogens with two attached hydrogens (primary N) is 1. The molecule has 0 fully saturated rings. The molecule has 0 bridgehead atoms. The van der Waals surface area contributed by atoms with Gasteiger partial charge in [0.1, 0.15) is 0 Å². The Morgan fingerprint density at radius 1 is 1.03 bits per heavy atom. The number of hydrogen-bond donors (Lipinski definition) is 1. The molecular weight excluding hydrogens is 467 g/mol. The standard InChI is InChI=1S/C30H31N2OPS/c1-5-27-20(17-33)13-14-28(32-27)24-11-8-10-23(19(24)4)25-12-7-9-22(30(25)34)18(3)15-21-16-26(31)29(6-2)35-21/h7-17H,5-6,31,34H2,1-4H3/b18-15+. The summed E-state index contributed by atoms with van der Waals surface area (Å²) in [6.07, 6.45) is 4.78. The maximum atomic E-state index is 11.4. The van der Waals surface area contributed by atoms with Gasteiger partial charge in [-0.05, 0) is 84.1 Å². The molecule has 35 heavy (non-hydrogen) atoms. The van der Waals surface area contributed by atoms with Crippen LogP contribution in [-0.2, 0) is 12.8 Å². The van der Waals surface area contributed by atoms with E-state index in [9.17, 15) is 4.79 Å². The predicted octanol–water partition coefficient (Wildman–Crippen LogP) is 7.37. The number of aryl methyl sites for hydroxylation is 2. The molecule has 0 saturated carbocycles. The van der Waals surface area contributed by atoms with Crippen LogP contribution in [0.2, 0.25) is 0 Å². The van der Waals surface area contributed by atoms with Gasteiger partial charge in [0.25, 0.3) is 0 Å². The monoisotopic (exact) mass is 498 g/mol. The Labute approximate surface area is 214 Å². The zero-order valence-corrected chi connectivity index (χ0v) is 22.7. The summed E-state index contributed by atoms with van der Waals surface area (Å²) in [7, 11) is 2.96. The highest BCUT2D eigenvalue weighted by molar-refractivity contribution is 7.28. The average molecular weight is 499 g/mol. The van der Waals surface area contributed by atoms with Crippen LogP contribution >= 0.6 is 20.6 Å². The van der Waals surface area contributed by atoms with Crippen molar-refractivity contribution in [2.24, 2.45) is 0 Å². The molecule has 0 radical (unpaired) electrons. The van der Waals surface area contributed by atoms with Crippen LogP contribution in [-0.4, -0.2) is 11.3 Å². The van der Waals surface area contributed by atoms with Gasteiger partial charge in [0.05, 0.1) is 11.4 Å². The van der Waals surface area contributed by atoms with Gasteiger partial charge in [0.15, 0.2) is 6.29 Å². The van der Waals surface area contributed by atoms with Gasteiger partial charge in [0, 0.05) is 26.6 Å². The summed E-state index contributed by atoms with van der Waals surface area (Å²) in [5, 5.41) is 1.17. The van der Waals surface area contributed by atoms with E-state index in [2.05, 4.69) is 78.6 Å². The molecule has 0 aliphatic heterocycles. The van der Waals surface area contributed by atoms with E-state index in [1.165, 1.54) is 42.9 Å². The maximum Gasteiger partial charge on any atom is 0.151 e. The smallest absolute Gasteiger partial charge is 0.151 e. The van der Waals surface area contributed by atoms with Gasteiger partial charge in [0.2, 0.25) is 0 Å². The van der Waals surface area contributed by atoms with Gasteiger partial charge in [-0.1, -0.05) is 50.2 Å². The van der Waals surface area contributed by atoms with Crippen LogP contribution < -0.4 is 11.0 Å². The van der Waals surface area contributed by atoms with Crippen LogP contribution in [0.1, 0.15) is 57.7 Å². The summed E-state index contributed by atoms with van der Waals surface area (Å²) in [5.74, 6) is 0. The minimum absolute atomic E-state index is 0.658. The van der Waals surface area contributed by atoms with Crippen LogP contribution in [0.5, 0.6) is 0 Å². The van der Waals surface area contributed by atoms with E-state index in [1.54, 1.807) is 11.3 Å². The number of pyridine rings is 1. The lowest BCUT2D eigenvalue weighted by Gasteiger charge is -2.16. The second-order valence-corrected chi connectivity index (χ2v) is 10.4. The lowest BCUT2D eigenvalue weighted by atomic mass is 9.92. The topological polar surface area (TPSA) is 56.0 Å². The van der Waals surface area contributed by atoms with Crippen molar-refractivity contribution in [3.05, 3.63) is 86.7 Å². The van der Waals surface area contributed by atoms with E-state index in [0.717, 1.165) is 41.8 Å². The number of nitrogens with zero attached hydrogens (tertiary/aromatic N) is 1. The Hall–Kier alpha value is -3.07. The van der Waals surface area contributed by atoms with Crippen LogP contribution in [0.25, 0.3) is 34.0 Å². The third-order valence-corrected chi connectivity index (χ3v) is 8.31. The molecule has 4 rings (SSSR count). The van der Waals surface area contributed by atoms with E-state index in [4.69, 9.17) is 10.7 Å². The number of hydrogen-bond acceptors (Lipinski definition) is 4. The molecule has 5 heteroatoms. The molecule has 3 nitrogen and oxygen atoms in total. The van der Waals surface area contributed by atoms with Gasteiger partial charge in [-0.25, -0.2) is 0 Å². The number of allylic oxidation sites excluding steroid dienone is 1. The second-order valence-electron chi connectivity index (χ2n) is 8.66. The highest BCUT2D eigenvalue weighted by Gasteiger charge is 2.15. The molecule has 0 aliphatic carbocycles. The Kier molecular flexibility index (Phi) is 7.64. The van der Waals surface area contributed by atoms with Crippen molar-refractivity contribution in [1.29, 1.82) is 0 Å². The third-order valence-electron chi connectivity index (χ3n) is 6.44. The second kappa shape index (κ2) is 10.7. The van der Waals surface area contributed by atoms with Crippen molar-refractivity contribution in [1.82, 2.24) is 4.98 Å². The number of rotatable bonds is 7. The number of aromatic nitrogens is 1. The van der Waals surface area contributed by atoms with Gasteiger partial charge >= 0.3 is 0 Å². The Morgan fingerprint density at radius 3 is 2.43 bits per heavy atom. The van der Waals surface area contributed by atoms with Crippen molar-refractivity contribution >= 4 is 49.5 Å². The molecule has 2 heterocycles. The molecule has 1 atom stereocenters. The molecule has 2 aromatic heterocycles. The SMILES string of the molecule is CCc1nc(-c2cccc(-c3cccc(/C(C)=C/c4cc(N)c(CC)s4)c3P)c2C)ccc1C=O. The molecule has 0 aliphatic rings. The zero-order chi connectivity index (χ0) is 25.1. The van der Waals surface area contributed by atoms with Crippen LogP contribution in [0.4, 0.5) is 5.69 Å². The van der Waals surface area contributed by atoms with E-state index < -0.39 is 0 Å². The minimum atomic E-state index is 0.658. The van der Waals surface area contributed by atoms with Crippen molar-refractivity contribution < 1.29 is 4.79 Å². The largest absolute Gasteiger partial charge is 0.398 e. The fraction of sp³-hybridized carbons (Fsp3) is 0.200. The molecule has 0 saturated heterocycles. The zero-order valence-electron chi connectivity index (χ0n) is 20.7. The number of carbonyl (C=O) groups is 1. The first-order valence-electron chi connectivity index (χ1n) is 11.9. The number of aldehydes is 1.